The van der Waals surface area contributed by atoms with E-state index < -0.39 is 0 Å². The van der Waals surface area contributed by atoms with E-state index in [0.717, 1.165) is 13.0 Å². The third-order valence-corrected chi connectivity index (χ3v) is 2.53. The molecule has 1 N–H and O–H groups in total. The molecule has 0 unspecified atom stereocenters. The van der Waals surface area contributed by atoms with Crippen LogP contribution >= 0.6 is 23.2 Å². The number of nitrogens with one attached hydrogen (secondary N) is 1. The van der Waals surface area contributed by atoms with Gasteiger partial charge in [0.2, 0.25) is 11.2 Å². The number of aromatic nitrogens is 3. The van der Waals surface area contributed by atoms with Crippen LogP contribution in [0.5, 0.6) is 11.8 Å². The molecule has 1 heterocycles. The Balaban J connectivity index is 2.17. The molecular formula is C12H12Cl2N4O. The second-order valence-electron chi connectivity index (χ2n) is 3.70. The second-order valence-corrected chi connectivity index (χ2v) is 4.47. The fourth-order valence-corrected chi connectivity index (χ4v) is 1.66. The topological polar surface area (TPSA) is 59.9 Å². The normalized spacial score (nSPS) is 10.3. The summed E-state index contributed by atoms with van der Waals surface area (Å²) in [6.07, 6.45) is 0.952. The smallest absolute Gasteiger partial charge is 0.328 e. The Morgan fingerprint density at radius 1 is 1.21 bits per heavy atom. The summed E-state index contributed by atoms with van der Waals surface area (Å²) in [6.45, 7) is 2.79. The predicted octanol–water partition coefficient (Wildman–Crippen LogP) is 3.79. The van der Waals surface area contributed by atoms with Crippen LogP contribution in [0.1, 0.15) is 13.3 Å². The summed E-state index contributed by atoms with van der Waals surface area (Å²) >= 11 is 11.7. The van der Waals surface area contributed by atoms with Crippen LogP contribution in [0, 0.1) is 0 Å². The highest BCUT2D eigenvalue weighted by molar-refractivity contribution is 6.30. The summed E-state index contributed by atoms with van der Waals surface area (Å²) in [5.74, 6) is 0.926. The molecule has 19 heavy (non-hydrogen) atoms. The molecule has 0 aliphatic carbocycles. The minimum absolute atomic E-state index is 0.0747. The number of hydrogen-bond acceptors (Lipinski definition) is 5. The van der Waals surface area contributed by atoms with Crippen molar-refractivity contribution in [2.24, 2.45) is 0 Å². The van der Waals surface area contributed by atoms with Gasteiger partial charge in [-0.15, -0.1) is 0 Å². The average molecular weight is 299 g/mol. The first-order chi connectivity index (χ1) is 9.17. The summed E-state index contributed by atoms with van der Waals surface area (Å²) in [7, 11) is 0. The molecule has 0 saturated heterocycles. The van der Waals surface area contributed by atoms with E-state index in [-0.39, 0.29) is 11.3 Å². The van der Waals surface area contributed by atoms with E-state index in [1.165, 1.54) is 0 Å². The lowest BCUT2D eigenvalue weighted by molar-refractivity contribution is 0.440. The molecular weight excluding hydrogens is 287 g/mol. The van der Waals surface area contributed by atoms with Crippen molar-refractivity contribution in [1.29, 1.82) is 0 Å². The van der Waals surface area contributed by atoms with E-state index in [2.05, 4.69) is 20.3 Å². The molecule has 7 heteroatoms. The molecule has 1 aromatic carbocycles. The molecule has 5 nitrogen and oxygen atoms in total. The molecule has 1 aromatic heterocycles. The third kappa shape index (κ3) is 4.22. The highest BCUT2D eigenvalue weighted by Crippen LogP contribution is 2.22. The number of nitrogens with zero attached hydrogens (tertiary/aromatic N) is 3. The molecule has 2 rings (SSSR count). The zero-order valence-corrected chi connectivity index (χ0v) is 11.7. The molecule has 0 atom stereocenters. The lowest BCUT2D eigenvalue weighted by Gasteiger charge is -2.07. The predicted molar refractivity (Wildman–Crippen MR) is 75.1 cm³/mol. The third-order valence-electron chi connectivity index (χ3n) is 2.13. The first kappa shape index (κ1) is 13.8. The minimum Gasteiger partial charge on any atom is -0.424 e. The maximum Gasteiger partial charge on any atom is 0.328 e. The van der Waals surface area contributed by atoms with Gasteiger partial charge in [-0.1, -0.05) is 24.6 Å². The van der Waals surface area contributed by atoms with Crippen molar-refractivity contribution in [2.75, 3.05) is 11.9 Å². The van der Waals surface area contributed by atoms with E-state index >= 15 is 0 Å². The van der Waals surface area contributed by atoms with Gasteiger partial charge < -0.3 is 10.1 Å². The molecule has 0 saturated carbocycles. The fourth-order valence-electron chi connectivity index (χ4n) is 1.33. The van der Waals surface area contributed by atoms with Gasteiger partial charge in [-0.25, -0.2) is 0 Å². The van der Waals surface area contributed by atoms with Crippen LogP contribution in [-0.4, -0.2) is 21.5 Å². The maximum atomic E-state index is 5.87. The lowest BCUT2D eigenvalue weighted by Crippen LogP contribution is -2.06. The highest BCUT2D eigenvalue weighted by Gasteiger charge is 2.07. The molecule has 0 aliphatic heterocycles. The van der Waals surface area contributed by atoms with Gasteiger partial charge in [0, 0.05) is 11.6 Å². The van der Waals surface area contributed by atoms with Gasteiger partial charge in [-0.2, -0.15) is 15.0 Å². The molecule has 100 valence electrons. The van der Waals surface area contributed by atoms with Crippen molar-refractivity contribution in [3.8, 4) is 11.8 Å². The Hall–Kier alpha value is -1.59. The molecule has 0 amide bonds. The SMILES string of the molecule is CCCNc1nc(Cl)nc(Oc2cccc(Cl)c2)n1. The second kappa shape index (κ2) is 6.54. The summed E-state index contributed by atoms with van der Waals surface area (Å²) in [5.41, 5.74) is 0. The van der Waals surface area contributed by atoms with E-state index in [1.54, 1.807) is 24.3 Å². The van der Waals surface area contributed by atoms with Crippen LogP contribution in [0.3, 0.4) is 0 Å². The van der Waals surface area contributed by atoms with Crippen LogP contribution in [0.4, 0.5) is 5.95 Å². The Bertz CT molecular complexity index is 565. The van der Waals surface area contributed by atoms with E-state index in [1.807, 2.05) is 6.92 Å². The van der Waals surface area contributed by atoms with Crippen molar-refractivity contribution in [3.63, 3.8) is 0 Å². The van der Waals surface area contributed by atoms with E-state index in [9.17, 15) is 0 Å². The van der Waals surface area contributed by atoms with Gasteiger partial charge in [0.1, 0.15) is 5.75 Å². The summed E-state index contributed by atoms with van der Waals surface area (Å²) in [5, 5.41) is 3.67. The van der Waals surface area contributed by atoms with Gasteiger partial charge in [-0.3, -0.25) is 0 Å². The van der Waals surface area contributed by atoms with Crippen molar-refractivity contribution >= 4 is 29.2 Å². The lowest BCUT2D eigenvalue weighted by atomic mass is 10.3. The molecule has 0 radical (unpaired) electrons. The first-order valence-electron chi connectivity index (χ1n) is 5.76. The van der Waals surface area contributed by atoms with Crippen LogP contribution < -0.4 is 10.1 Å². The number of benzene rings is 1. The molecule has 0 aliphatic rings. The number of halogens is 2. The van der Waals surface area contributed by atoms with Gasteiger partial charge in [0.25, 0.3) is 0 Å². The zero-order valence-electron chi connectivity index (χ0n) is 10.2. The number of hydrogen-bond donors (Lipinski definition) is 1. The van der Waals surface area contributed by atoms with Crippen molar-refractivity contribution < 1.29 is 4.74 Å². The largest absolute Gasteiger partial charge is 0.424 e. The number of anilines is 1. The molecule has 2 aromatic rings. The Kier molecular flexibility index (Phi) is 4.76. The number of ether oxygens (including phenoxy) is 1. The van der Waals surface area contributed by atoms with Crippen molar-refractivity contribution in [2.45, 2.75) is 13.3 Å². The summed E-state index contributed by atoms with van der Waals surface area (Å²) < 4.78 is 5.49. The quantitative estimate of drug-likeness (QED) is 0.910. The summed E-state index contributed by atoms with van der Waals surface area (Å²) in [4.78, 5) is 12.0. The van der Waals surface area contributed by atoms with Gasteiger partial charge >= 0.3 is 6.01 Å². The Morgan fingerprint density at radius 3 is 2.79 bits per heavy atom. The Labute approximate surface area is 121 Å². The van der Waals surface area contributed by atoms with Crippen LogP contribution in [0.25, 0.3) is 0 Å². The first-order valence-corrected chi connectivity index (χ1v) is 6.52. The molecule has 0 spiro atoms. The van der Waals surface area contributed by atoms with Gasteiger partial charge in [0.05, 0.1) is 0 Å². The molecule has 0 bridgehead atoms. The monoisotopic (exact) mass is 298 g/mol. The average Bonchev–Trinajstić information content (AvgIpc) is 2.35. The minimum atomic E-state index is 0.0747. The zero-order chi connectivity index (χ0) is 13.7. The Morgan fingerprint density at radius 2 is 2.05 bits per heavy atom. The van der Waals surface area contributed by atoms with Gasteiger partial charge in [-0.05, 0) is 36.2 Å². The van der Waals surface area contributed by atoms with Crippen LogP contribution in [0.15, 0.2) is 24.3 Å². The van der Waals surface area contributed by atoms with Crippen molar-refractivity contribution in [1.82, 2.24) is 15.0 Å². The van der Waals surface area contributed by atoms with E-state index in [0.29, 0.717) is 16.7 Å². The fraction of sp³-hybridized carbons (Fsp3) is 0.250. The standard InChI is InChI=1S/C12H12Cl2N4O/c1-2-6-15-11-16-10(14)17-12(18-11)19-9-5-3-4-8(13)7-9/h3-5,7H,2,6H2,1H3,(H,15,16,17,18). The molecule has 0 fully saturated rings. The maximum absolute atomic E-state index is 5.87. The highest BCUT2D eigenvalue weighted by atomic mass is 35.5. The van der Waals surface area contributed by atoms with Crippen LogP contribution in [-0.2, 0) is 0 Å². The number of rotatable bonds is 5. The van der Waals surface area contributed by atoms with Crippen molar-refractivity contribution in [3.05, 3.63) is 34.6 Å². The summed E-state index contributed by atoms with van der Waals surface area (Å²) in [6, 6.07) is 7.07. The van der Waals surface area contributed by atoms with Gasteiger partial charge in [0.15, 0.2) is 0 Å². The van der Waals surface area contributed by atoms with Crippen LogP contribution in [0.2, 0.25) is 10.3 Å². The van der Waals surface area contributed by atoms with E-state index in [4.69, 9.17) is 27.9 Å².